The smallest absolute Gasteiger partial charge is 0.223 e. The van der Waals surface area contributed by atoms with Crippen LogP contribution in [0.3, 0.4) is 0 Å². The third kappa shape index (κ3) is 6.37. The van der Waals surface area contributed by atoms with Crippen molar-refractivity contribution in [2.75, 3.05) is 40.4 Å². The lowest BCUT2D eigenvalue weighted by Gasteiger charge is -2.35. The fraction of sp³-hybridized carbons (Fsp3) is 0.417. The SMILES string of the molecule is COc1ccc(CCC(=O)N2CCN(C(=O)CCc3ccc(Cl)cc3)CC2)cc1OC. The molecule has 1 heterocycles. The summed E-state index contributed by atoms with van der Waals surface area (Å²) in [6, 6.07) is 13.3. The molecule has 0 bridgehead atoms. The Balaban J connectivity index is 1.42. The number of methoxy groups -OCH3 is 2. The van der Waals surface area contributed by atoms with E-state index in [0.29, 0.717) is 68.4 Å². The van der Waals surface area contributed by atoms with Crippen molar-refractivity contribution in [1.82, 2.24) is 9.80 Å². The number of carbonyl (C=O) groups is 2. The quantitative estimate of drug-likeness (QED) is 0.624. The van der Waals surface area contributed by atoms with Gasteiger partial charge in [0, 0.05) is 44.0 Å². The number of hydrogen-bond acceptors (Lipinski definition) is 4. The first-order valence-electron chi connectivity index (χ1n) is 10.5. The molecule has 166 valence electrons. The van der Waals surface area contributed by atoms with E-state index in [1.807, 2.05) is 52.3 Å². The summed E-state index contributed by atoms with van der Waals surface area (Å²) < 4.78 is 10.6. The summed E-state index contributed by atoms with van der Waals surface area (Å²) >= 11 is 5.90. The Kier molecular flexibility index (Phi) is 8.18. The number of nitrogens with zero attached hydrogens (tertiary/aromatic N) is 2. The molecule has 2 aromatic rings. The van der Waals surface area contributed by atoms with Crippen molar-refractivity contribution in [3.63, 3.8) is 0 Å². The van der Waals surface area contributed by atoms with Gasteiger partial charge in [-0.05, 0) is 48.2 Å². The highest BCUT2D eigenvalue weighted by molar-refractivity contribution is 6.30. The maximum absolute atomic E-state index is 12.6. The largest absolute Gasteiger partial charge is 0.493 e. The molecule has 0 spiro atoms. The first-order chi connectivity index (χ1) is 15.0. The maximum Gasteiger partial charge on any atom is 0.223 e. The second-order valence-corrected chi connectivity index (χ2v) is 8.01. The van der Waals surface area contributed by atoms with Crippen molar-refractivity contribution >= 4 is 23.4 Å². The van der Waals surface area contributed by atoms with Gasteiger partial charge in [0.05, 0.1) is 14.2 Å². The van der Waals surface area contributed by atoms with Crippen LogP contribution in [0.5, 0.6) is 11.5 Å². The number of hydrogen-bond donors (Lipinski definition) is 0. The van der Waals surface area contributed by atoms with Crippen molar-refractivity contribution in [1.29, 1.82) is 0 Å². The summed E-state index contributed by atoms with van der Waals surface area (Å²) in [6.07, 6.45) is 2.23. The number of carbonyl (C=O) groups excluding carboxylic acids is 2. The maximum atomic E-state index is 12.6. The van der Waals surface area contributed by atoms with Crippen molar-refractivity contribution in [3.8, 4) is 11.5 Å². The molecule has 2 amide bonds. The molecule has 31 heavy (non-hydrogen) atoms. The third-order valence-electron chi connectivity index (χ3n) is 5.60. The fourth-order valence-corrected chi connectivity index (χ4v) is 3.84. The molecule has 1 aliphatic rings. The number of ether oxygens (including phenoxy) is 2. The van der Waals surface area contributed by atoms with Gasteiger partial charge in [0.15, 0.2) is 11.5 Å². The van der Waals surface area contributed by atoms with E-state index in [1.54, 1.807) is 14.2 Å². The highest BCUT2D eigenvalue weighted by Crippen LogP contribution is 2.28. The number of halogens is 1. The monoisotopic (exact) mass is 444 g/mol. The highest BCUT2D eigenvalue weighted by Gasteiger charge is 2.23. The number of piperazine rings is 1. The van der Waals surface area contributed by atoms with Crippen molar-refractivity contribution in [2.24, 2.45) is 0 Å². The summed E-state index contributed by atoms with van der Waals surface area (Å²) in [5.74, 6) is 1.59. The third-order valence-corrected chi connectivity index (χ3v) is 5.85. The van der Waals surface area contributed by atoms with Crippen molar-refractivity contribution in [2.45, 2.75) is 25.7 Å². The second-order valence-electron chi connectivity index (χ2n) is 7.58. The van der Waals surface area contributed by atoms with Crippen LogP contribution in [0.4, 0.5) is 0 Å². The summed E-state index contributed by atoms with van der Waals surface area (Å²) in [4.78, 5) is 28.8. The molecule has 1 fully saturated rings. The molecule has 0 aliphatic carbocycles. The minimum atomic E-state index is 0.114. The Hall–Kier alpha value is -2.73. The Labute approximate surface area is 188 Å². The summed E-state index contributed by atoms with van der Waals surface area (Å²) in [5, 5.41) is 0.696. The average Bonchev–Trinajstić information content (AvgIpc) is 2.81. The Morgan fingerprint density at radius 3 is 1.77 bits per heavy atom. The molecule has 0 atom stereocenters. The first-order valence-corrected chi connectivity index (χ1v) is 10.9. The standard InChI is InChI=1S/C24H29ClN2O4/c1-30-21-10-5-19(17-22(21)31-2)7-12-24(29)27-15-13-26(14-16-27)23(28)11-6-18-3-8-20(25)9-4-18/h3-5,8-10,17H,6-7,11-16H2,1-2H3. The summed E-state index contributed by atoms with van der Waals surface area (Å²) in [6.45, 7) is 2.33. The van der Waals surface area contributed by atoms with E-state index in [0.717, 1.165) is 11.1 Å². The minimum absolute atomic E-state index is 0.114. The second kappa shape index (κ2) is 11.0. The molecule has 3 rings (SSSR count). The van der Waals surface area contributed by atoms with Gasteiger partial charge in [-0.2, -0.15) is 0 Å². The van der Waals surface area contributed by atoms with Crippen LogP contribution in [0.2, 0.25) is 5.02 Å². The summed E-state index contributed by atoms with van der Waals surface area (Å²) in [5.41, 5.74) is 2.13. The van der Waals surface area contributed by atoms with Crippen LogP contribution in [-0.2, 0) is 22.4 Å². The predicted octanol–water partition coefficient (Wildman–Crippen LogP) is 3.59. The zero-order chi connectivity index (χ0) is 22.2. The Morgan fingerprint density at radius 2 is 1.26 bits per heavy atom. The number of rotatable bonds is 8. The van der Waals surface area contributed by atoms with Gasteiger partial charge in [-0.3, -0.25) is 9.59 Å². The van der Waals surface area contributed by atoms with Crippen molar-refractivity contribution < 1.29 is 19.1 Å². The van der Waals surface area contributed by atoms with Crippen LogP contribution < -0.4 is 9.47 Å². The van der Waals surface area contributed by atoms with Crippen LogP contribution in [0, 0.1) is 0 Å². The van der Waals surface area contributed by atoms with Gasteiger partial charge >= 0.3 is 0 Å². The molecule has 6 nitrogen and oxygen atoms in total. The van der Waals surface area contributed by atoms with Gasteiger partial charge in [-0.15, -0.1) is 0 Å². The lowest BCUT2D eigenvalue weighted by atomic mass is 10.1. The van der Waals surface area contributed by atoms with Crippen LogP contribution in [0.1, 0.15) is 24.0 Å². The highest BCUT2D eigenvalue weighted by atomic mass is 35.5. The molecule has 0 radical (unpaired) electrons. The topological polar surface area (TPSA) is 59.1 Å². The number of benzene rings is 2. The lowest BCUT2D eigenvalue weighted by Crippen LogP contribution is -2.50. The van der Waals surface area contributed by atoms with Gasteiger partial charge in [-0.1, -0.05) is 29.8 Å². The zero-order valence-electron chi connectivity index (χ0n) is 18.1. The molecule has 0 unspecified atom stereocenters. The molecule has 0 N–H and O–H groups in total. The minimum Gasteiger partial charge on any atom is -0.493 e. The van der Waals surface area contributed by atoms with E-state index in [4.69, 9.17) is 21.1 Å². The van der Waals surface area contributed by atoms with Crippen molar-refractivity contribution in [3.05, 3.63) is 58.6 Å². The van der Waals surface area contributed by atoms with Gasteiger partial charge in [0.25, 0.3) is 0 Å². The normalized spacial score (nSPS) is 13.8. The summed E-state index contributed by atoms with van der Waals surface area (Å²) in [7, 11) is 3.20. The van der Waals surface area contributed by atoms with E-state index in [2.05, 4.69) is 0 Å². The number of aryl methyl sites for hydroxylation is 2. The van der Waals surface area contributed by atoms with Gasteiger partial charge in [-0.25, -0.2) is 0 Å². The Bertz CT molecular complexity index is 893. The molecule has 1 saturated heterocycles. The van der Waals surface area contributed by atoms with Gasteiger partial charge in [0.2, 0.25) is 11.8 Å². The van der Waals surface area contributed by atoms with E-state index >= 15 is 0 Å². The molecule has 0 aromatic heterocycles. The van der Waals surface area contributed by atoms with Gasteiger partial charge < -0.3 is 19.3 Å². The van der Waals surface area contributed by atoms with Crippen LogP contribution in [-0.4, -0.2) is 62.0 Å². The first kappa shape index (κ1) is 22.9. The molecule has 0 saturated carbocycles. The molecule has 7 heteroatoms. The van der Waals surface area contributed by atoms with E-state index in [9.17, 15) is 9.59 Å². The molecular formula is C24H29ClN2O4. The average molecular weight is 445 g/mol. The lowest BCUT2D eigenvalue weighted by molar-refractivity contribution is -0.139. The van der Waals surface area contributed by atoms with Crippen LogP contribution in [0.25, 0.3) is 0 Å². The van der Waals surface area contributed by atoms with Gasteiger partial charge in [0.1, 0.15) is 0 Å². The molecule has 2 aromatic carbocycles. The zero-order valence-corrected chi connectivity index (χ0v) is 18.9. The van der Waals surface area contributed by atoms with E-state index in [1.165, 1.54) is 0 Å². The van der Waals surface area contributed by atoms with Crippen LogP contribution in [0.15, 0.2) is 42.5 Å². The van der Waals surface area contributed by atoms with E-state index < -0.39 is 0 Å². The molecule has 1 aliphatic heterocycles. The Morgan fingerprint density at radius 1 is 0.774 bits per heavy atom. The van der Waals surface area contributed by atoms with Crippen LogP contribution >= 0.6 is 11.6 Å². The van der Waals surface area contributed by atoms with E-state index in [-0.39, 0.29) is 11.8 Å². The number of amides is 2. The predicted molar refractivity (Wildman–Crippen MR) is 121 cm³/mol. The molecular weight excluding hydrogens is 416 g/mol. The fourth-order valence-electron chi connectivity index (χ4n) is 3.71.